The fourth-order valence-electron chi connectivity index (χ4n) is 6.00. The van der Waals surface area contributed by atoms with Gasteiger partial charge in [-0.1, -0.05) is 38.7 Å². The highest BCUT2D eigenvalue weighted by molar-refractivity contribution is 5.66. The van der Waals surface area contributed by atoms with Gasteiger partial charge in [-0.05, 0) is 91.2 Å². The maximum atomic E-state index is 15.0. The third-order valence-electron chi connectivity index (χ3n) is 7.66. The molecule has 0 aliphatic heterocycles. The number of halogens is 5. The van der Waals surface area contributed by atoms with Crippen LogP contribution in [0.15, 0.2) is 30.3 Å². The largest absolute Gasteiger partial charge is 0.432 e. The molecule has 1 nitrogen and oxygen atoms in total. The summed E-state index contributed by atoms with van der Waals surface area (Å²) < 4.78 is 72.8. The number of hydrogen-bond acceptors (Lipinski definition) is 1. The summed E-state index contributed by atoms with van der Waals surface area (Å²) in [6.45, 7) is -0.951. The van der Waals surface area contributed by atoms with Crippen LogP contribution >= 0.6 is 0 Å². The molecule has 4 rings (SSSR count). The van der Waals surface area contributed by atoms with Crippen molar-refractivity contribution >= 4 is 0 Å². The lowest BCUT2D eigenvalue weighted by molar-refractivity contribution is -0.0521. The molecule has 2 saturated carbocycles. The molecule has 2 aliphatic carbocycles. The lowest BCUT2D eigenvalue weighted by atomic mass is 9.63. The third kappa shape index (κ3) is 5.52. The van der Waals surface area contributed by atoms with Gasteiger partial charge in [0, 0.05) is 0 Å². The first kappa shape index (κ1) is 24.0. The Hall–Kier alpha value is -2.11. The fraction of sp³-hybridized carbons (Fsp3) is 0.556. The Bertz CT molecular complexity index is 937. The van der Waals surface area contributed by atoms with Gasteiger partial charge in [-0.25, -0.2) is 13.2 Å². The predicted molar refractivity (Wildman–Crippen MR) is 119 cm³/mol. The maximum Gasteiger partial charge on any atom is 0.387 e. The lowest BCUT2D eigenvalue weighted by Crippen LogP contribution is -2.30. The van der Waals surface area contributed by atoms with Crippen LogP contribution in [0.4, 0.5) is 22.0 Å². The van der Waals surface area contributed by atoms with E-state index in [9.17, 15) is 22.0 Å². The number of rotatable bonds is 7. The Balaban J connectivity index is 1.48. The fourth-order valence-corrected chi connectivity index (χ4v) is 6.00. The van der Waals surface area contributed by atoms with E-state index < -0.39 is 29.8 Å². The van der Waals surface area contributed by atoms with E-state index in [0.29, 0.717) is 11.5 Å². The molecular weight excluding hydrogens is 435 g/mol. The molecule has 0 bridgehead atoms. The molecule has 2 fully saturated rings. The average Bonchev–Trinajstić information content (AvgIpc) is 2.78. The quantitative estimate of drug-likeness (QED) is 0.370. The van der Waals surface area contributed by atoms with Crippen LogP contribution in [0.5, 0.6) is 5.75 Å². The summed E-state index contributed by atoms with van der Waals surface area (Å²) in [5.41, 5.74) is 0.245. The highest BCUT2D eigenvalue weighted by atomic mass is 19.3. The van der Waals surface area contributed by atoms with Crippen LogP contribution in [-0.2, 0) is 0 Å². The molecule has 0 radical (unpaired) electrons. The van der Waals surface area contributed by atoms with E-state index in [0.717, 1.165) is 43.2 Å². The SMILES string of the molecule is CCCCC1CCC2CC(c3cc(F)c(-c4ccc(OC(F)F)c(F)c4)c(F)c3)CCC2C1. The van der Waals surface area contributed by atoms with E-state index >= 15 is 0 Å². The van der Waals surface area contributed by atoms with Gasteiger partial charge in [0.1, 0.15) is 11.6 Å². The van der Waals surface area contributed by atoms with Gasteiger partial charge >= 0.3 is 6.61 Å². The van der Waals surface area contributed by atoms with Crippen molar-refractivity contribution in [3.05, 3.63) is 53.3 Å². The molecule has 2 aliphatic rings. The Morgan fingerprint density at radius 3 is 2.24 bits per heavy atom. The Morgan fingerprint density at radius 1 is 0.879 bits per heavy atom. The number of ether oxygens (including phenoxy) is 1. The number of unbranched alkanes of at least 4 members (excludes halogenated alkanes) is 1. The Kier molecular flexibility index (Phi) is 7.60. The number of alkyl halides is 2. The van der Waals surface area contributed by atoms with Crippen LogP contribution < -0.4 is 4.74 Å². The second-order valence-corrected chi connectivity index (χ2v) is 9.73. The smallest absolute Gasteiger partial charge is 0.387 e. The molecule has 0 spiro atoms. The Morgan fingerprint density at radius 2 is 1.58 bits per heavy atom. The minimum atomic E-state index is -3.18. The minimum Gasteiger partial charge on any atom is -0.432 e. The normalized spacial score (nSPS) is 25.2. The van der Waals surface area contributed by atoms with E-state index in [2.05, 4.69) is 11.7 Å². The van der Waals surface area contributed by atoms with Crippen LogP contribution in [-0.4, -0.2) is 6.61 Å². The highest BCUT2D eigenvalue weighted by Crippen LogP contribution is 2.49. The molecule has 0 amide bonds. The summed E-state index contributed by atoms with van der Waals surface area (Å²) in [5, 5.41) is 0. The second-order valence-electron chi connectivity index (χ2n) is 9.73. The zero-order chi connectivity index (χ0) is 23.5. The van der Waals surface area contributed by atoms with Crippen molar-refractivity contribution in [2.45, 2.75) is 77.2 Å². The summed E-state index contributed by atoms with van der Waals surface area (Å²) in [6.07, 6.45) is 10.6. The van der Waals surface area contributed by atoms with Crippen molar-refractivity contribution < 1.29 is 26.7 Å². The van der Waals surface area contributed by atoms with Crippen LogP contribution in [0.25, 0.3) is 11.1 Å². The van der Waals surface area contributed by atoms with Crippen molar-refractivity contribution in [3.8, 4) is 16.9 Å². The summed E-state index contributed by atoms with van der Waals surface area (Å²) >= 11 is 0. The van der Waals surface area contributed by atoms with Crippen molar-refractivity contribution in [3.63, 3.8) is 0 Å². The van der Waals surface area contributed by atoms with Crippen molar-refractivity contribution in [2.24, 2.45) is 17.8 Å². The summed E-state index contributed by atoms with van der Waals surface area (Å²) in [5.74, 6) is -0.998. The number of benzene rings is 2. The molecule has 0 aromatic heterocycles. The van der Waals surface area contributed by atoms with Gasteiger partial charge in [0.2, 0.25) is 0 Å². The Labute approximate surface area is 192 Å². The second kappa shape index (κ2) is 10.4. The average molecular weight is 467 g/mol. The molecule has 180 valence electrons. The van der Waals surface area contributed by atoms with Crippen molar-refractivity contribution in [1.29, 1.82) is 0 Å². The molecule has 2 aromatic rings. The van der Waals surface area contributed by atoms with E-state index in [1.165, 1.54) is 56.7 Å². The van der Waals surface area contributed by atoms with E-state index in [-0.39, 0.29) is 17.0 Å². The first-order valence-electron chi connectivity index (χ1n) is 12.1. The highest BCUT2D eigenvalue weighted by Gasteiger charge is 2.36. The molecule has 4 atom stereocenters. The molecule has 0 N–H and O–H groups in total. The van der Waals surface area contributed by atoms with E-state index in [4.69, 9.17) is 0 Å². The molecular formula is C27H31F5O. The molecule has 0 heterocycles. The zero-order valence-corrected chi connectivity index (χ0v) is 18.9. The standard InChI is InChI=1S/C27H31F5O/c1-2-3-4-16-5-6-18-12-19(8-7-17(18)11-16)21-14-23(29)26(24(30)15-21)20-9-10-25(22(28)13-20)33-27(31)32/h9-10,13-19,27H,2-8,11-12H2,1H3. The number of fused-ring (bicyclic) bond motifs is 1. The maximum absolute atomic E-state index is 15.0. The van der Waals surface area contributed by atoms with E-state index in [1.807, 2.05) is 0 Å². The van der Waals surface area contributed by atoms with Gasteiger partial charge in [0.15, 0.2) is 11.6 Å². The van der Waals surface area contributed by atoms with Gasteiger partial charge < -0.3 is 4.74 Å². The van der Waals surface area contributed by atoms with Crippen LogP contribution in [0.1, 0.15) is 76.2 Å². The number of hydrogen-bond donors (Lipinski definition) is 0. The van der Waals surface area contributed by atoms with Crippen molar-refractivity contribution in [1.82, 2.24) is 0 Å². The molecule has 2 aromatic carbocycles. The molecule has 0 saturated heterocycles. The third-order valence-corrected chi connectivity index (χ3v) is 7.66. The first-order valence-corrected chi connectivity index (χ1v) is 12.1. The molecule has 33 heavy (non-hydrogen) atoms. The van der Waals surface area contributed by atoms with Gasteiger partial charge in [0.05, 0.1) is 5.56 Å². The lowest BCUT2D eigenvalue weighted by Gasteiger charge is -2.42. The van der Waals surface area contributed by atoms with Gasteiger partial charge in [-0.3, -0.25) is 0 Å². The first-order chi connectivity index (χ1) is 15.9. The van der Waals surface area contributed by atoms with Gasteiger partial charge in [-0.15, -0.1) is 0 Å². The monoisotopic (exact) mass is 466 g/mol. The molecule has 4 unspecified atom stereocenters. The predicted octanol–water partition coefficient (Wildman–Crippen LogP) is 8.86. The zero-order valence-electron chi connectivity index (χ0n) is 18.9. The summed E-state index contributed by atoms with van der Waals surface area (Å²) in [7, 11) is 0. The van der Waals surface area contributed by atoms with Crippen LogP contribution in [0.3, 0.4) is 0 Å². The van der Waals surface area contributed by atoms with E-state index in [1.54, 1.807) is 0 Å². The summed E-state index contributed by atoms with van der Waals surface area (Å²) in [6, 6.07) is 5.68. The minimum absolute atomic E-state index is 0.0511. The summed E-state index contributed by atoms with van der Waals surface area (Å²) in [4.78, 5) is 0. The van der Waals surface area contributed by atoms with Crippen molar-refractivity contribution in [2.75, 3.05) is 0 Å². The van der Waals surface area contributed by atoms with Crippen LogP contribution in [0.2, 0.25) is 0 Å². The topological polar surface area (TPSA) is 9.23 Å². The van der Waals surface area contributed by atoms with Gasteiger partial charge in [0.25, 0.3) is 0 Å². The van der Waals surface area contributed by atoms with Crippen LogP contribution in [0, 0.1) is 35.2 Å². The van der Waals surface area contributed by atoms with Gasteiger partial charge in [-0.2, -0.15) is 8.78 Å². The molecule has 6 heteroatoms.